The van der Waals surface area contributed by atoms with Gasteiger partial charge in [-0.2, -0.15) is 0 Å². The van der Waals surface area contributed by atoms with E-state index in [1.165, 1.54) is 11.8 Å². The van der Waals surface area contributed by atoms with Gasteiger partial charge in [0.05, 0.1) is 31.3 Å². The van der Waals surface area contributed by atoms with Gasteiger partial charge in [0, 0.05) is 23.2 Å². The molecule has 2 aromatic rings. The second-order valence-electron chi connectivity index (χ2n) is 7.59. The number of ether oxygens (including phenoxy) is 2. The minimum Gasteiger partial charge on any atom is -0.493 e. The Balaban J connectivity index is 1.55. The Hall–Kier alpha value is -2.19. The highest BCUT2D eigenvalue weighted by Crippen LogP contribution is 2.36. The van der Waals surface area contributed by atoms with E-state index in [9.17, 15) is 13.2 Å². The Morgan fingerprint density at radius 2 is 1.80 bits per heavy atom. The van der Waals surface area contributed by atoms with Crippen molar-refractivity contribution in [2.24, 2.45) is 0 Å². The summed E-state index contributed by atoms with van der Waals surface area (Å²) < 4.78 is 34.4. The molecule has 1 unspecified atom stereocenters. The summed E-state index contributed by atoms with van der Waals surface area (Å²) in [5, 5.41) is 0.00255. The van der Waals surface area contributed by atoms with E-state index in [1.807, 2.05) is 41.3 Å². The molecule has 160 valence electrons. The summed E-state index contributed by atoms with van der Waals surface area (Å²) in [6, 6.07) is 11.4. The van der Waals surface area contributed by atoms with Crippen molar-refractivity contribution in [2.75, 3.05) is 32.3 Å². The first-order valence-electron chi connectivity index (χ1n) is 9.89. The molecule has 0 radical (unpaired) electrons. The Bertz CT molecular complexity index is 1070. The molecule has 30 heavy (non-hydrogen) atoms. The smallest absolute Gasteiger partial charge is 0.255 e. The molecular formula is C22H25NO5S2. The van der Waals surface area contributed by atoms with Crippen molar-refractivity contribution in [3.8, 4) is 11.5 Å². The lowest BCUT2D eigenvalue weighted by atomic mass is 9.98. The fourth-order valence-corrected chi connectivity index (χ4v) is 7.63. The Morgan fingerprint density at radius 3 is 2.47 bits per heavy atom. The van der Waals surface area contributed by atoms with Crippen LogP contribution >= 0.6 is 11.8 Å². The van der Waals surface area contributed by atoms with E-state index >= 15 is 0 Å². The number of sulfone groups is 1. The van der Waals surface area contributed by atoms with E-state index in [2.05, 4.69) is 0 Å². The standard InChI is InChI=1S/C22H25NO5S2/c1-27-19-11-15-7-9-23(13-16(15)12-20(19)28-2)22(24)18-5-3-4-6-21(18)29-17-8-10-30(25,26)14-17/h3-6,11-12,17H,7-10,13-14H2,1-2H3. The molecule has 2 aliphatic heterocycles. The van der Waals surface area contributed by atoms with Crippen molar-refractivity contribution in [2.45, 2.75) is 29.5 Å². The lowest BCUT2D eigenvalue weighted by Gasteiger charge is -2.30. The third kappa shape index (κ3) is 4.30. The molecule has 6 nitrogen and oxygen atoms in total. The minimum atomic E-state index is -2.95. The second-order valence-corrected chi connectivity index (χ2v) is 11.2. The van der Waals surface area contributed by atoms with E-state index in [0.717, 1.165) is 22.4 Å². The number of thioether (sulfide) groups is 1. The van der Waals surface area contributed by atoms with Gasteiger partial charge < -0.3 is 14.4 Å². The summed E-state index contributed by atoms with van der Waals surface area (Å²) in [7, 11) is 0.269. The van der Waals surface area contributed by atoms with Gasteiger partial charge in [0.2, 0.25) is 0 Å². The molecule has 0 N–H and O–H groups in total. The molecular weight excluding hydrogens is 422 g/mol. The minimum absolute atomic E-state index is 0.00255. The van der Waals surface area contributed by atoms with Gasteiger partial charge in [-0.3, -0.25) is 4.79 Å². The van der Waals surface area contributed by atoms with Crippen LogP contribution in [0.2, 0.25) is 0 Å². The van der Waals surface area contributed by atoms with Gasteiger partial charge in [-0.05, 0) is 48.2 Å². The van der Waals surface area contributed by atoms with Crippen LogP contribution in [0.1, 0.15) is 27.9 Å². The third-order valence-electron chi connectivity index (χ3n) is 5.61. The van der Waals surface area contributed by atoms with E-state index < -0.39 is 9.84 Å². The first-order valence-corrected chi connectivity index (χ1v) is 12.6. The van der Waals surface area contributed by atoms with Crippen LogP contribution in [0.5, 0.6) is 11.5 Å². The molecule has 0 bridgehead atoms. The SMILES string of the molecule is COc1cc2c(cc1OC)CN(C(=O)c1ccccc1SC1CCS(=O)(=O)C1)CC2. The number of hydrogen-bond acceptors (Lipinski definition) is 6. The molecule has 2 aliphatic rings. The van der Waals surface area contributed by atoms with Gasteiger partial charge in [0.1, 0.15) is 0 Å². The quantitative estimate of drug-likeness (QED) is 0.701. The number of amides is 1. The predicted octanol–water partition coefficient (Wildman–Crippen LogP) is 3.18. The van der Waals surface area contributed by atoms with Crippen LogP contribution in [0.25, 0.3) is 0 Å². The Kier molecular flexibility index (Phi) is 5.97. The monoisotopic (exact) mass is 447 g/mol. The number of nitrogens with zero attached hydrogens (tertiary/aromatic N) is 1. The van der Waals surface area contributed by atoms with Crippen LogP contribution in [-0.2, 0) is 22.8 Å². The number of methoxy groups -OCH3 is 2. The van der Waals surface area contributed by atoms with Crippen molar-refractivity contribution < 1.29 is 22.7 Å². The van der Waals surface area contributed by atoms with Gasteiger partial charge in [0.15, 0.2) is 21.3 Å². The zero-order valence-corrected chi connectivity index (χ0v) is 18.7. The van der Waals surface area contributed by atoms with E-state index in [4.69, 9.17) is 9.47 Å². The first-order chi connectivity index (χ1) is 14.4. The van der Waals surface area contributed by atoms with E-state index in [1.54, 1.807) is 14.2 Å². The number of carbonyl (C=O) groups excluding carboxylic acids is 1. The summed E-state index contributed by atoms with van der Waals surface area (Å²) >= 11 is 1.51. The number of carbonyl (C=O) groups is 1. The van der Waals surface area contributed by atoms with Crippen LogP contribution < -0.4 is 9.47 Å². The van der Waals surface area contributed by atoms with Gasteiger partial charge >= 0.3 is 0 Å². The maximum Gasteiger partial charge on any atom is 0.255 e. The van der Waals surface area contributed by atoms with Gasteiger partial charge in [-0.25, -0.2) is 8.42 Å². The number of fused-ring (bicyclic) bond motifs is 1. The molecule has 2 heterocycles. The second kappa shape index (κ2) is 8.51. The molecule has 0 spiro atoms. The summed E-state index contributed by atoms with van der Waals surface area (Å²) in [5.74, 6) is 1.74. The molecule has 1 fully saturated rings. The normalized spacial score (nSPS) is 19.9. The van der Waals surface area contributed by atoms with E-state index in [0.29, 0.717) is 36.6 Å². The third-order valence-corrected chi connectivity index (χ3v) is 8.93. The van der Waals surface area contributed by atoms with Crippen LogP contribution in [0, 0.1) is 0 Å². The predicted molar refractivity (Wildman–Crippen MR) is 117 cm³/mol. The van der Waals surface area contributed by atoms with Crippen molar-refractivity contribution in [1.82, 2.24) is 4.90 Å². The maximum absolute atomic E-state index is 13.3. The summed E-state index contributed by atoms with van der Waals surface area (Å²) in [5.41, 5.74) is 2.85. The van der Waals surface area contributed by atoms with Crippen molar-refractivity contribution in [3.63, 3.8) is 0 Å². The largest absolute Gasteiger partial charge is 0.493 e. The average Bonchev–Trinajstić information content (AvgIpc) is 3.10. The van der Waals surface area contributed by atoms with Crippen LogP contribution in [-0.4, -0.2) is 56.7 Å². The van der Waals surface area contributed by atoms with Crippen LogP contribution in [0.15, 0.2) is 41.3 Å². The maximum atomic E-state index is 13.3. The zero-order chi connectivity index (χ0) is 21.3. The number of benzene rings is 2. The molecule has 0 aliphatic carbocycles. The Morgan fingerprint density at radius 1 is 1.10 bits per heavy atom. The highest BCUT2D eigenvalue weighted by atomic mass is 32.2. The molecule has 0 saturated carbocycles. The molecule has 1 saturated heterocycles. The number of rotatable bonds is 5. The molecule has 4 rings (SSSR count). The first kappa shape index (κ1) is 21.1. The lowest BCUT2D eigenvalue weighted by Crippen LogP contribution is -2.36. The average molecular weight is 448 g/mol. The van der Waals surface area contributed by atoms with Crippen LogP contribution in [0.3, 0.4) is 0 Å². The van der Waals surface area contributed by atoms with Gasteiger partial charge in [-0.1, -0.05) is 12.1 Å². The van der Waals surface area contributed by atoms with Crippen molar-refractivity contribution in [1.29, 1.82) is 0 Å². The highest BCUT2D eigenvalue weighted by molar-refractivity contribution is 8.02. The topological polar surface area (TPSA) is 72.9 Å². The van der Waals surface area contributed by atoms with Gasteiger partial charge in [0.25, 0.3) is 5.91 Å². The molecule has 2 aromatic carbocycles. The summed E-state index contributed by atoms with van der Waals surface area (Å²) in [6.45, 7) is 1.13. The summed E-state index contributed by atoms with van der Waals surface area (Å²) in [6.07, 6.45) is 1.38. The zero-order valence-electron chi connectivity index (χ0n) is 17.1. The van der Waals surface area contributed by atoms with Crippen molar-refractivity contribution in [3.05, 3.63) is 53.1 Å². The molecule has 0 aromatic heterocycles. The fraction of sp³-hybridized carbons (Fsp3) is 0.409. The number of hydrogen-bond donors (Lipinski definition) is 0. The lowest BCUT2D eigenvalue weighted by molar-refractivity contribution is 0.0731. The highest BCUT2D eigenvalue weighted by Gasteiger charge is 2.30. The fourth-order valence-electron chi connectivity index (χ4n) is 4.01. The summed E-state index contributed by atoms with van der Waals surface area (Å²) in [4.78, 5) is 16.0. The van der Waals surface area contributed by atoms with Gasteiger partial charge in [-0.15, -0.1) is 11.8 Å². The molecule has 1 amide bonds. The van der Waals surface area contributed by atoms with Crippen LogP contribution in [0.4, 0.5) is 0 Å². The molecule has 1 atom stereocenters. The molecule has 8 heteroatoms. The van der Waals surface area contributed by atoms with Crippen molar-refractivity contribution >= 4 is 27.5 Å². The Labute approximate surface area is 181 Å². The van der Waals surface area contributed by atoms with E-state index in [-0.39, 0.29) is 22.7 Å².